The molecule has 0 aromatic heterocycles. The molecule has 6 nitrogen and oxygen atoms in total. The first kappa shape index (κ1) is 20.0. The average Bonchev–Trinajstić information content (AvgIpc) is 2.23. The highest BCUT2D eigenvalue weighted by molar-refractivity contribution is 7.54. The van der Waals surface area contributed by atoms with E-state index in [9.17, 15) is 4.57 Å². The molecule has 0 aliphatic rings. The molecule has 0 saturated heterocycles. The van der Waals surface area contributed by atoms with Gasteiger partial charge in [-0.05, 0) is 6.42 Å². The van der Waals surface area contributed by atoms with Gasteiger partial charge in [-0.25, -0.2) is 10.2 Å². The summed E-state index contributed by atoms with van der Waals surface area (Å²) in [5.41, 5.74) is 0. The number of hydrogen-bond acceptors (Lipinski definition) is 2. The Morgan fingerprint density at radius 3 is 1.60 bits per heavy atom. The molecule has 0 aromatic carbocycles. The minimum absolute atomic E-state index is 0.506. The zero-order chi connectivity index (χ0) is 15.9. The standard InChI is InChI=1S/C13H35N4O2P/c1-8-13-19-20(18,14-9-11-16(2,3)4)15-10-12-17(5,6)7/h8-13H2,1-7H3,(H2,14,15,18)/q+2. The van der Waals surface area contributed by atoms with E-state index < -0.39 is 7.67 Å². The molecule has 0 aromatic rings. The fourth-order valence-electron chi connectivity index (χ4n) is 1.43. The number of quaternary nitrogens is 2. The summed E-state index contributed by atoms with van der Waals surface area (Å²) in [5.74, 6) is 0. The van der Waals surface area contributed by atoms with E-state index in [0.29, 0.717) is 19.7 Å². The van der Waals surface area contributed by atoms with Crippen molar-refractivity contribution in [1.29, 1.82) is 0 Å². The van der Waals surface area contributed by atoms with Gasteiger partial charge in [-0.1, -0.05) is 6.92 Å². The van der Waals surface area contributed by atoms with Crippen LogP contribution >= 0.6 is 7.67 Å². The van der Waals surface area contributed by atoms with E-state index in [-0.39, 0.29) is 0 Å². The topological polar surface area (TPSA) is 50.4 Å². The number of hydrogen-bond donors (Lipinski definition) is 2. The summed E-state index contributed by atoms with van der Waals surface area (Å²) < 4.78 is 19.9. The number of likely N-dealkylation sites (N-methyl/N-ethyl adjacent to an activating group) is 2. The van der Waals surface area contributed by atoms with E-state index in [1.165, 1.54) is 0 Å². The van der Waals surface area contributed by atoms with Crippen LogP contribution < -0.4 is 10.2 Å². The maximum atomic E-state index is 12.7. The van der Waals surface area contributed by atoms with Crippen LogP contribution in [0.3, 0.4) is 0 Å². The van der Waals surface area contributed by atoms with Gasteiger partial charge in [-0.15, -0.1) is 0 Å². The fourth-order valence-corrected chi connectivity index (χ4v) is 2.96. The molecule has 122 valence electrons. The van der Waals surface area contributed by atoms with Gasteiger partial charge in [0.25, 0.3) is 0 Å². The van der Waals surface area contributed by atoms with Crippen LogP contribution in [0.15, 0.2) is 0 Å². The van der Waals surface area contributed by atoms with Crippen LogP contribution in [0.25, 0.3) is 0 Å². The Morgan fingerprint density at radius 2 is 1.30 bits per heavy atom. The third-order valence-corrected chi connectivity index (χ3v) is 4.51. The van der Waals surface area contributed by atoms with E-state index in [2.05, 4.69) is 52.5 Å². The van der Waals surface area contributed by atoms with Gasteiger partial charge in [0.1, 0.15) is 0 Å². The predicted octanol–water partition coefficient (Wildman–Crippen LogP) is 1.11. The molecule has 0 bridgehead atoms. The zero-order valence-electron chi connectivity index (χ0n) is 14.4. The minimum atomic E-state index is -2.93. The van der Waals surface area contributed by atoms with Gasteiger partial charge in [0.2, 0.25) is 0 Å². The summed E-state index contributed by atoms with van der Waals surface area (Å²) in [4.78, 5) is 0. The minimum Gasteiger partial charge on any atom is -0.330 e. The molecule has 0 rings (SSSR count). The number of rotatable bonds is 11. The number of nitrogens with zero attached hydrogens (tertiary/aromatic N) is 2. The summed E-state index contributed by atoms with van der Waals surface area (Å²) in [6.07, 6.45) is 0.859. The summed E-state index contributed by atoms with van der Waals surface area (Å²) in [7, 11) is 9.76. The third kappa shape index (κ3) is 11.8. The van der Waals surface area contributed by atoms with Gasteiger partial charge in [-0.2, -0.15) is 0 Å². The second-order valence-corrected chi connectivity index (χ2v) is 9.22. The Morgan fingerprint density at radius 1 is 0.900 bits per heavy atom. The van der Waals surface area contributed by atoms with Crippen molar-refractivity contribution in [2.24, 2.45) is 0 Å². The number of nitrogens with one attached hydrogen (secondary N) is 2. The Hall–Kier alpha value is 0.0300. The molecule has 0 fully saturated rings. The Bertz CT molecular complexity index is 286. The van der Waals surface area contributed by atoms with Crippen molar-refractivity contribution in [2.45, 2.75) is 13.3 Å². The molecule has 0 spiro atoms. The molecule has 0 atom stereocenters. The van der Waals surface area contributed by atoms with Gasteiger partial charge in [0, 0.05) is 0 Å². The normalized spacial score (nSPS) is 13.8. The maximum absolute atomic E-state index is 12.7. The van der Waals surface area contributed by atoms with Gasteiger partial charge >= 0.3 is 7.67 Å². The molecule has 2 N–H and O–H groups in total. The van der Waals surface area contributed by atoms with Crippen LogP contribution in [0, 0.1) is 0 Å². The van der Waals surface area contributed by atoms with Crippen LogP contribution in [-0.4, -0.2) is 84.0 Å². The van der Waals surface area contributed by atoms with Gasteiger partial charge in [0.05, 0.1) is 75.1 Å². The predicted molar refractivity (Wildman–Crippen MR) is 85.7 cm³/mol. The van der Waals surface area contributed by atoms with Gasteiger partial charge < -0.3 is 13.5 Å². The Kier molecular flexibility index (Phi) is 8.48. The monoisotopic (exact) mass is 310 g/mol. The van der Waals surface area contributed by atoms with E-state index in [4.69, 9.17) is 4.52 Å². The molecule has 0 amide bonds. The summed E-state index contributed by atoms with van der Waals surface area (Å²) in [5, 5.41) is 6.15. The van der Waals surface area contributed by atoms with Crippen molar-refractivity contribution in [1.82, 2.24) is 10.2 Å². The second-order valence-electron chi connectivity index (χ2n) is 7.23. The smallest absolute Gasteiger partial charge is 0.330 e. The lowest BCUT2D eigenvalue weighted by molar-refractivity contribution is -0.869. The first-order valence-electron chi connectivity index (χ1n) is 7.33. The van der Waals surface area contributed by atoms with Crippen LogP contribution in [0.1, 0.15) is 13.3 Å². The van der Waals surface area contributed by atoms with Crippen molar-refractivity contribution < 1.29 is 18.1 Å². The molecule has 0 saturated carbocycles. The van der Waals surface area contributed by atoms with Crippen molar-refractivity contribution in [3.63, 3.8) is 0 Å². The molecular weight excluding hydrogens is 275 g/mol. The van der Waals surface area contributed by atoms with Crippen LogP contribution in [0.2, 0.25) is 0 Å². The first-order valence-corrected chi connectivity index (χ1v) is 8.96. The van der Waals surface area contributed by atoms with E-state index >= 15 is 0 Å². The SMILES string of the molecule is CCCOP(=O)(NCC[N+](C)(C)C)NCC[N+](C)(C)C. The van der Waals surface area contributed by atoms with Crippen LogP contribution in [0.4, 0.5) is 0 Å². The van der Waals surface area contributed by atoms with Gasteiger partial charge in [-0.3, -0.25) is 4.57 Å². The summed E-state index contributed by atoms with van der Waals surface area (Å²) in [6.45, 7) is 5.66. The zero-order valence-corrected chi connectivity index (χ0v) is 15.3. The van der Waals surface area contributed by atoms with Crippen LogP contribution in [0.5, 0.6) is 0 Å². The molecule has 0 aliphatic heterocycles. The lowest BCUT2D eigenvalue weighted by Gasteiger charge is -2.28. The fraction of sp³-hybridized carbons (Fsp3) is 1.00. The molecule has 0 radical (unpaired) electrons. The van der Waals surface area contributed by atoms with Crippen LogP contribution in [-0.2, 0) is 9.09 Å². The molecular formula is C13H35N4O2P+2. The highest BCUT2D eigenvalue weighted by Crippen LogP contribution is 2.36. The Labute approximate surface area is 125 Å². The molecule has 20 heavy (non-hydrogen) atoms. The lowest BCUT2D eigenvalue weighted by atomic mass is 10.5. The highest BCUT2D eigenvalue weighted by Gasteiger charge is 2.23. The van der Waals surface area contributed by atoms with Crippen molar-refractivity contribution in [2.75, 3.05) is 75.1 Å². The molecule has 0 unspecified atom stereocenters. The van der Waals surface area contributed by atoms with E-state index in [0.717, 1.165) is 28.5 Å². The third-order valence-electron chi connectivity index (χ3n) is 2.68. The molecule has 0 heterocycles. The lowest BCUT2D eigenvalue weighted by Crippen LogP contribution is -2.43. The average molecular weight is 310 g/mol. The Balaban J connectivity index is 4.32. The largest absolute Gasteiger partial charge is 0.341 e. The van der Waals surface area contributed by atoms with Crippen molar-refractivity contribution in [3.05, 3.63) is 0 Å². The van der Waals surface area contributed by atoms with E-state index in [1.54, 1.807) is 0 Å². The highest BCUT2D eigenvalue weighted by atomic mass is 31.2. The van der Waals surface area contributed by atoms with Gasteiger partial charge in [0.15, 0.2) is 0 Å². The summed E-state index contributed by atoms with van der Waals surface area (Å²) in [6, 6.07) is 0. The first-order chi connectivity index (χ1) is 8.97. The second kappa shape index (κ2) is 8.47. The van der Waals surface area contributed by atoms with Crippen molar-refractivity contribution in [3.8, 4) is 0 Å². The summed E-state index contributed by atoms with van der Waals surface area (Å²) >= 11 is 0. The quantitative estimate of drug-likeness (QED) is 0.443. The van der Waals surface area contributed by atoms with E-state index in [1.807, 2.05) is 6.92 Å². The maximum Gasteiger partial charge on any atom is 0.341 e. The molecule has 7 heteroatoms. The molecule has 0 aliphatic carbocycles. The van der Waals surface area contributed by atoms with Crippen molar-refractivity contribution >= 4 is 7.67 Å².